The van der Waals surface area contributed by atoms with Crippen LogP contribution in [0.1, 0.15) is 174 Å². The summed E-state index contributed by atoms with van der Waals surface area (Å²) in [5, 5.41) is 0. The lowest BCUT2D eigenvalue weighted by atomic mass is 10.1. The molecule has 0 amide bonds. The van der Waals surface area contributed by atoms with Gasteiger partial charge < -0.3 is 18.9 Å². The molecule has 0 aromatic heterocycles. The highest BCUT2D eigenvalue weighted by Gasteiger charge is 2.27. The molecular weight excluding hydrogens is 713 g/mol. The Kier molecular flexibility index (Phi) is 36.2. The van der Waals surface area contributed by atoms with Gasteiger partial charge in [0.1, 0.15) is 19.8 Å². The van der Waals surface area contributed by atoms with Gasteiger partial charge in [-0.15, -0.1) is 0 Å². The minimum atomic E-state index is -4.37. The van der Waals surface area contributed by atoms with Crippen molar-refractivity contribution in [1.29, 1.82) is 0 Å². The molecule has 2 atom stereocenters. The lowest BCUT2D eigenvalue weighted by molar-refractivity contribution is -0.870. The monoisotopic (exact) mass is 797 g/mol. The minimum absolute atomic E-state index is 0.0294. The Morgan fingerprint density at radius 1 is 0.582 bits per heavy atom. The van der Waals surface area contributed by atoms with E-state index in [1.165, 1.54) is 70.6 Å². The molecule has 55 heavy (non-hydrogen) atoms. The molecule has 2 unspecified atom stereocenters. The van der Waals surface area contributed by atoms with Gasteiger partial charge in [0.15, 0.2) is 6.10 Å². The summed E-state index contributed by atoms with van der Waals surface area (Å²) in [7, 11) is 1.47. The average molecular weight is 797 g/mol. The van der Waals surface area contributed by atoms with E-state index in [-0.39, 0.29) is 32.0 Å². The molecule has 0 rings (SSSR count). The molecule has 0 aliphatic carbocycles. The molecule has 0 aromatic rings. The minimum Gasteiger partial charge on any atom is -0.462 e. The van der Waals surface area contributed by atoms with E-state index in [2.05, 4.69) is 62.5 Å². The number of rotatable bonds is 39. The van der Waals surface area contributed by atoms with Gasteiger partial charge in [-0.05, 0) is 51.4 Å². The maximum Gasteiger partial charge on any atom is 0.472 e. The second-order valence-electron chi connectivity index (χ2n) is 15.7. The second kappa shape index (κ2) is 37.5. The molecule has 0 aliphatic heterocycles. The van der Waals surface area contributed by atoms with E-state index in [0.717, 1.165) is 70.6 Å². The van der Waals surface area contributed by atoms with Crippen molar-refractivity contribution in [3.05, 3.63) is 48.6 Å². The first-order chi connectivity index (χ1) is 26.5. The summed E-state index contributed by atoms with van der Waals surface area (Å²) in [5.74, 6) is -0.810. The van der Waals surface area contributed by atoms with E-state index in [1.807, 2.05) is 21.1 Å². The summed E-state index contributed by atoms with van der Waals surface area (Å²) in [6, 6.07) is 0. The van der Waals surface area contributed by atoms with Crippen LogP contribution < -0.4 is 0 Å². The largest absolute Gasteiger partial charge is 0.472 e. The van der Waals surface area contributed by atoms with Crippen molar-refractivity contribution in [3.8, 4) is 0 Å². The van der Waals surface area contributed by atoms with Gasteiger partial charge in [0.25, 0.3) is 0 Å². The predicted octanol–water partition coefficient (Wildman–Crippen LogP) is 12.3. The number of likely N-dealkylation sites (N-methyl/N-ethyl adjacent to an activating group) is 1. The molecule has 0 fully saturated rings. The van der Waals surface area contributed by atoms with Crippen LogP contribution >= 0.6 is 7.82 Å². The standard InChI is InChI=1S/C45H82NO8P/c1-6-8-10-12-14-16-18-19-20-21-22-23-24-25-26-27-28-30-32-34-36-38-45(48)54-43(42-53-55(49,50)52-40-39-46(3,4)5)41-51-44(47)37-35-33-31-29-17-15-13-11-9-7-2/h8,10,14,16,19-20,22-23,43H,6-7,9,11-13,15,17-18,21,24-42H2,1-5H3/p+1/b10-8-,16-14-,20-19-,23-22-. The number of phosphoric acid groups is 1. The Labute approximate surface area is 337 Å². The summed E-state index contributed by atoms with van der Waals surface area (Å²) in [6.07, 6.45) is 43.0. The van der Waals surface area contributed by atoms with Crippen molar-refractivity contribution >= 4 is 19.8 Å². The number of phosphoric ester groups is 1. The van der Waals surface area contributed by atoms with Crippen molar-refractivity contribution in [2.45, 2.75) is 180 Å². The molecule has 0 spiro atoms. The van der Waals surface area contributed by atoms with Crippen LogP contribution in [0.3, 0.4) is 0 Å². The fourth-order valence-corrected chi connectivity index (χ4v) is 6.45. The van der Waals surface area contributed by atoms with Gasteiger partial charge in [-0.2, -0.15) is 0 Å². The normalized spacial score (nSPS) is 14.1. The summed E-state index contributed by atoms with van der Waals surface area (Å²) in [5.41, 5.74) is 0. The fourth-order valence-electron chi connectivity index (χ4n) is 5.71. The molecule has 0 saturated carbocycles. The molecule has 1 N–H and O–H groups in total. The first-order valence-electron chi connectivity index (χ1n) is 21.9. The smallest absolute Gasteiger partial charge is 0.462 e. The number of carbonyl (C=O) groups excluding carboxylic acids is 2. The molecule has 0 bridgehead atoms. The van der Waals surface area contributed by atoms with Crippen LogP contribution in [0.25, 0.3) is 0 Å². The van der Waals surface area contributed by atoms with Crippen molar-refractivity contribution in [2.24, 2.45) is 0 Å². The zero-order chi connectivity index (χ0) is 40.7. The topological polar surface area (TPSA) is 108 Å². The highest BCUT2D eigenvalue weighted by Crippen LogP contribution is 2.43. The number of quaternary nitrogens is 1. The van der Waals surface area contributed by atoms with Gasteiger partial charge in [-0.1, -0.05) is 159 Å². The fraction of sp³-hybridized carbons (Fsp3) is 0.778. The Bertz CT molecular complexity index is 1080. The molecule has 0 aliphatic rings. The van der Waals surface area contributed by atoms with E-state index in [4.69, 9.17) is 18.5 Å². The van der Waals surface area contributed by atoms with Crippen molar-refractivity contribution in [3.63, 3.8) is 0 Å². The maximum atomic E-state index is 12.7. The molecule has 9 nitrogen and oxygen atoms in total. The van der Waals surface area contributed by atoms with E-state index in [1.54, 1.807) is 0 Å². The maximum absolute atomic E-state index is 12.7. The second-order valence-corrected chi connectivity index (χ2v) is 17.2. The summed E-state index contributed by atoms with van der Waals surface area (Å²) >= 11 is 0. The molecule has 0 radical (unpaired) electrons. The van der Waals surface area contributed by atoms with Crippen LogP contribution in [0, 0.1) is 0 Å². The number of carbonyl (C=O) groups is 2. The number of unbranched alkanes of at least 4 members (excludes halogenated alkanes) is 17. The highest BCUT2D eigenvalue weighted by atomic mass is 31.2. The van der Waals surface area contributed by atoms with Gasteiger partial charge in [0.05, 0.1) is 27.7 Å². The summed E-state index contributed by atoms with van der Waals surface area (Å²) in [6.45, 7) is 4.28. The van der Waals surface area contributed by atoms with Gasteiger partial charge in [0, 0.05) is 12.8 Å². The van der Waals surface area contributed by atoms with Crippen LogP contribution in [-0.4, -0.2) is 74.9 Å². The lowest BCUT2D eigenvalue weighted by Crippen LogP contribution is -2.37. The highest BCUT2D eigenvalue weighted by molar-refractivity contribution is 7.47. The van der Waals surface area contributed by atoms with Gasteiger partial charge in [-0.3, -0.25) is 18.6 Å². The SMILES string of the molecule is CC/C=C\C/C=C\C/C=C\C/C=C\CCCCCCCCCCC(=O)OC(COC(=O)CCCCCCCCCCCC)COP(=O)(O)OCC[N+](C)(C)C. The summed E-state index contributed by atoms with van der Waals surface area (Å²) < 4.78 is 34.2. The molecule has 10 heteroatoms. The molecule has 0 aromatic carbocycles. The Hall–Kier alpha value is -2.03. The van der Waals surface area contributed by atoms with Crippen molar-refractivity contribution < 1.29 is 42.1 Å². The number of ether oxygens (including phenoxy) is 2. The van der Waals surface area contributed by atoms with Crippen LogP contribution in [0.5, 0.6) is 0 Å². The number of esters is 2. The van der Waals surface area contributed by atoms with Crippen molar-refractivity contribution in [1.82, 2.24) is 0 Å². The zero-order valence-electron chi connectivity index (χ0n) is 35.9. The molecule has 0 saturated heterocycles. The Morgan fingerprint density at radius 2 is 1.04 bits per heavy atom. The van der Waals surface area contributed by atoms with Gasteiger partial charge in [-0.25, -0.2) is 4.57 Å². The van der Waals surface area contributed by atoms with Gasteiger partial charge >= 0.3 is 19.8 Å². The van der Waals surface area contributed by atoms with E-state index in [0.29, 0.717) is 17.4 Å². The van der Waals surface area contributed by atoms with Crippen molar-refractivity contribution in [2.75, 3.05) is 47.5 Å². The molecule has 0 heterocycles. The van der Waals surface area contributed by atoms with E-state index >= 15 is 0 Å². The summed E-state index contributed by atoms with van der Waals surface area (Å²) in [4.78, 5) is 35.3. The Balaban J connectivity index is 4.31. The Morgan fingerprint density at radius 3 is 1.55 bits per heavy atom. The van der Waals surface area contributed by atoms with Crippen LogP contribution in [0.2, 0.25) is 0 Å². The first kappa shape index (κ1) is 53.0. The average Bonchev–Trinajstić information content (AvgIpc) is 3.13. The molecular formula is C45H83NO8P+. The van der Waals surface area contributed by atoms with E-state index < -0.39 is 26.5 Å². The van der Waals surface area contributed by atoms with Crippen LogP contribution in [0.15, 0.2) is 48.6 Å². The van der Waals surface area contributed by atoms with Crippen LogP contribution in [-0.2, 0) is 32.7 Å². The third-order valence-electron chi connectivity index (χ3n) is 9.12. The third-order valence-corrected chi connectivity index (χ3v) is 10.1. The first-order valence-corrected chi connectivity index (χ1v) is 23.4. The number of hydrogen-bond donors (Lipinski definition) is 1. The lowest BCUT2D eigenvalue weighted by Gasteiger charge is -2.24. The number of allylic oxidation sites excluding steroid dienone is 8. The third kappa shape index (κ3) is 41.4. The van der Waals surface area contributed by atoms with Crippen LogP contribution in [0.4, 0.5) is 0 Å². The number of nitrogens with zero attached hydrogens (tertiary/aromatic N) is 1. The predicted molar refractivity (Wildman–Crippen MR) is 229 cm³/mol. The van der Waals surface area contributed by atoms with E-state index in [9.17, 15) is 19.0 Å². The zero-order valence-corrected chi connectivity index (χ0v) is 36.8. The quantitative estimate of drug-likeness (QED) is 0.0215. The van der Waals surface area contributed by atoms with Gasteiger partial charge in [0.2, 0.25) is 0 Å². The molecule has 320 valence electrons. The number of hydrogen-bond acceptors (Lipinski definition) is 7.